The van der Waals surface area contributed by atoms with E-state index in [9.17, 15) is 0 Å². The largest absolute Gasteiger partial charge is 0.493 e. The maximum atomic E-state index is 5.55. The van der Waals surface area contributed by atoms with Crippen LogP contribution in [0.1, 0.15) is 0 Å². The number of rotatable bonds is 9. The Kier molecular flexibility index (Phi) is 12.2. The molecule has 6 nitrogen and oxygen atoms in total. The van der Waals surface area contributed by atoms with Gasteiger partial charge in [-0.15, -0.1) is 16.6 Å². The fraction of sp³-hybridized carbons (Fsp3) is 0.226. The van der Waals surface area contributed by atoms with Crippen molar-refractivity contribution in [2.24, 2.45) is 5.92 Å². The molecule has 0 saturated carbocycles. The predicted octanol–water partition coefficient (Wildman–Crippen LogP) is 1.63. The first-order valence-corrected chi connectivity index (χ1v) is 15.0. The lowest BCUT2D eigenvalue weighted by Crippen LogP contribution is -2.17. The Labute approximate surface area is 244 Å². The molecule has 0 aliphatic heterocycles. The number of hydrogen-bond acceptors (Lipinski definition) is 6. The van der Waals surface area contributed by atoms with Crippen molar-refractivity contribution < 1.29 is 28.4 Å². The van der Waals surface area contributed by atoms with Gasteiger partial charge in [0.15, 0.2) is 63.1 Å². The maximum Gasteiger partial charge on any atom is 0.191 e. The van der Waals surface area contributed by atoms with Crippen LogP contribution in [-0.4, -0.2) is 71.2 Å². The number of hydrogen-bond donors (Lipinski definition) is 0. The van der Waals surface area contributed by atoms with E-state index in [1.807, 2.05) is 54.6 Å². The highest BCUT2D eigenvalue weighted by Crippen LogP contribution is 2.24. The Balaban J connectivity index is 1.89. The van der Waals surface area contributed by atoms with Crippen molar-refractivity contribution >= 4 is 44.1 Å². The molecule has 0 amide bonds. The zero-order chi connectivity index (χ0) is 28.7. The first-order chi connectivity index (χ1) is 19.6. The van der Waals surface area contributed by atoms with Gasteiger partial charge in [-0.1, -0.05) is 54.2 Å². The minimum atomic E-state index is -0.447. The summed E-state index contributed by atoms with van der Waals surface area (Å²) in [4.78, 5) is 0. The minimum Gasteiger partial charge on any atom is -0.493 e. The highest BCUT2D eigenvalue weighted by atomic mass is 28.2. The zero-order valence-corrected chi connectivity index (χ0v) is 26.2. The SMILES string of the molecule is COc1cccc([Si]C#CC(C#C[Si]c2cccc(OC)c2OC)C#C[Si]c2cccc(OC)c2OC)c1OC. The van der Waals surface area contributed by atoms with Gasteiger partial charge in [0.2, 0.25) is 0 Å². The van der Waals surface area contributed by atoms with Gasteiger partial charge in [0.05, 0.1) is 42.7 Å². The van der Waals surface area contributed by atoms with Crippen LogP contribution in [0.2, 0.25) is 0 Å². The maximum absolute atomic E-state index is 5.55. The molecule has 200 valence electrons. The van der Waals surface area contributed by atoms with Crippen molar-refractivity contribution in [2.45, 2.75) is 0 Å². The molecule has 0 bridgehead atoms. The molecular formula is C31H28O6Si3. The molecule has 0 heterocycles. The van der Waals surface area contributed by atoms with Gasteiger partial charge in [-0.25, -0.2) is 0 Å². The summed E-state index contributed by atoms with van der Waals surface area (Å²) in [6.45, 7) is 0. The van der Waals surface area contributed by atoms with E-state index >= 15 is 0 Å². The molecule has 40 heavy (non-hydrogen) atoms. The Morgan fingerprint density at radius 3 is 1.00 bits per heavy atom. The molecule has 9 heteroatoms. The number of methoxy groups -OCH3 is 6. The summed E-state index contributed by atoms with van der Waals surface area (Å²) in [5.74, 6) is 13.4. The van der Waals surface area contributed by atoms with Gasteiger partial charge in [0.1, 0.15) is 5.92 Å². The molecule has 0 saturated heterocycles. The van der Waals surface area contributed by atoms with Crippen molar-refractivity contribution in [1.29, 1.82) is 0 Å². The second-order valence-electron chi connectivity index (χ2n) is 7.74. The van der Waals surface area contributed by atoms with E-state index in [1.165, 1.54) is 0 Å². The van der Waals surface area contributed by atoms with Crippen LogP contribution < -0.4 is 44.0 Å². The molecule has 3 rings (SSSR count). The third-order valence-electron chi connectivity index (χ3n) is 5.45. The summed E-state index contributed by atoms with van der Waals surface area (Å²) in [7, 11) is 10.3. The van der Waals surface area contributed by atoms with E-state index < -0.39 is 5.92 Å². The molecular weight excluding hydrogens is 553 g/mol. The van der Waals surface area contributed by atoms with E-state index in [1.54, 1.807) is 42.7 Å². The van der Waals surface area contributed by atoms with Gasteiger partial charge in [0, 0.05) is 0 Å². The van der Waals surface area contributed by atoms with E-state index in [0.717, 1.165) is 15.6 Å². The lowest BCUT2D eigenvalue weighted by atomic mass is 10.2. The molecule has 0 aliphatic carbocycles. The average molecular weight is 581 g/mol. The summed E-state index contributed by atoms with van der Waals surface area (Å²) >= 11 is 0. The highest BCUT2D eigenvalue weighted by Gasteiger charge is 2.11. The molecule has 0 spiro atoms. The molecule has 0 aliphatic rings. The third-order valence-corrected chi connectivity index (χ3v) is 8.25. The topological polar surface area (TPSA) is 55.4 Å². The molecule has 0 unspecified atom stereocenters. The molecule has 0 N–H and O–H groups in total. The Morgan fingerprint density at radius 1 is 0.450 bits per heavy atom. The van der Waals surface area contributed by atoms with E-state index in [2.05, 4.69) is 34.4 Å². The second kappa shape index (κ2) is 16.0. The summed E-state index contributed by atoms with van der Waals surface area (Å²) < 4.78 is 32.9. The van der Waals surface area contributed by atoms with Crippen LogP contribution in [0.4, 0.5) is 0 Å². The molecule has 6 radical (unpaired) electrons. The average Bonchev–Trinajstić information content (AvgIpc) is 2.99. The minimum absolute atomic E-state index is 0.180. The predicted molar refractivity (Wildman–Crippen MR) is 162 cm³/mol. The van der Waals surface area contributed by atoms with E-state index in [0.29, 0.717) is 34.5 Å². The van der Waals surface area contributed by atoms with Crippen molar-refractivity contribution in [3.8, 4) is 68.9 Å². The van der Waals surface area contributed by atoms with Gasteiger partial charge >= 0.3 is 0 Å². The van der Waals surface area contributed by atoms with Crippen LogP contribution in [-0.2, 0) is 0 Å². The van der Waals surface area contributed by atoms with Gasteiger partial charge in [-0.2, -0.15) is 0 Å². The van der Waals surface area contributed by atoms with Crippen LogP contribution in [0.15, 0.2) is 54.6 Å². The lowest BCUT2D eigenvalue weighted by Gasteiger charge is -2.10. The number of ether oxygens (including phenoxy) is 6. The van der Waals surface area contributed by atoms with Crippen LogP contribution in [0.25, 0.3) is 0 Å². The van der Waals surface area contributed by atoms with Crippen LogP contribution in [0, 0.1) is 40.3 Å². The summed E-state index contributed by atoms with van der Waals surface area (Å²) in [6.07, 6.45) is 0. The third kappa shape index (κ3) is 7.91. The second-order valence-corrected chi connectivity index (χ2v) is 10.9. The monoisotopic (exact) mass is 580 g/mol. The quantitative estimate of drug-likeness (QED) is 0.283. The summed E-state index contributed by atoms with van der Waals surface area (Å²) in [5.41, 5.74) is 9.78. The molecule has 0 fully saturated rings. The van der Waals surface area contributed by atoms with Gasteiger partial charge in [0.25, 0.3) is 0 Å². The molecule has 0 atom stereocenters. The summed E-state index contributed by atoms with van der Waals surface area (Å²) in [5, 5.41) is 2.88. The van der Waals surface area contributed by atoms with Crippen molar-refractivity contribution in [1.82, 2.24) is 0 Å². The van der Waals surface area contributed by atoms with Crippen LogP contribution >= 0.6 is 0 Å². The van der Waals surface area contributed by atoms with E-state index in [4.69, 9.17) is 28.4 Å². The number of para-hydroxylation sites is 3. The Morgan fingerprint density at radius 2 is 0.750 bits per heavy atom. The van der Waals surface area contributed by atoms with Crippen molar-refractivity contribution in [3.05, 3.63) is 54.6 Å². The standard InChI is InChI=1S/C31H28O6Si3/c1-32-23-10-7-13-26(29(23)35-4)38-19-16-22(17-20-39-27-14-8-11-24(33-2)30(27)36-5)18-21-40-28-15-9-12-25(34-3)31(28)37-6/h7-15,22H,1-6H3. The smallest absolute Gasteiger partial charge is 0.191 e. The fourth-order valence-corrected chi connectivity index (χ4v) is 6.20. The van der Waals surface area contributed by atoms with Gasteiger partial charge < -0.3 is 28.4 Å². The highest BCUT2D eigenvalue weighted by molar-refractivity contribution is 6.64. The molecule has 3 aromatic carbocycles. The zero-order valence-electron chi connectivity index (χ0n) is 23.2. The van der Waals surface area contributed by atoms with Crippen LogP contribution in [0.3, 0.4) is 0 Å². The molecule has 0 aromatic heterocycles. The Bertz CT molecular complexity index is 1310. The number of benzene rings is 3. The van der Waals surface area contributed by atoms with Gasteiger partial charge in [-0.3, -0.25) is 0 Å². The first kappa shape index (κ1) is 30.3. The molecule has 3 aromatic rings. The van der Waals surface area contributed by atoms with Crippen molar-refractivity contribution in [3.63, 3.8) is 0 Å². The lowest BCUT2D eigenvalue weighted by molar-refractivity contribution is 0.357. The Hall–Kier alpha value is -4.21. The first-order valence-electron chi connectivity index (χ1n) is 12.0. The van der Waals surface area contributed by atoms with Crippen LogP contribution in [0.5, 0.6) is 34.5 Å². The van der Waals surface area contributed by atoms with Gasteiger partial charge in [-0.05, 0) is 33.8 Å². The van der Waals surface area contributed by atoms with E-state index in [-0.39, 0.29) is 28.6 Å². The summed E-state index contributed by atoms with van der Waals surface area (Å²) in [6, 6.07) is 17.3. The van der Waals surface area contributed by atoms with Crippen molar-refractivity contribution in [2.75, 3.05) is 42.7 Å². The fourth-order valence-electron chi connectivity index (χ4n) is 3.59. The normalized spacial score (nSPS) is 9.68.